The van der Waals surface area contributed by atoms with Crippen molar-refractivity contribution in [1.82, 2.24) is 4.98 Å². The van der Waals surface area contributed by atoms with Gasteiger partial charge in [-0.25, -0.2) is 0 Å². The van der Waals surface area contributed by atoms with Gasteiger partial charge in [-0.15, -0.1) is 0 Å². The molecule has 35 heavy (non-hydrogen) atoms. The summed E-state index contributed by atoms with van der Waals surface area (Å²) in [5.41, 5.74) is 5.56. The molecule has 0 N–H and O–H groups in total. The van der Waals surface area contributed by atoms with Crippen molar-refractivity contribution >= 4 is 60.7 Å². The van der Waals surface area contributed by atoms with Crippen molar-refractivity contribution < 1.29 is 9.15 Å². The third-order valence-electron chi connectivity index (χ3n) is 6.85. The lowest BCUT2D eigenvalue weighted by Crippen LogP contribution is -2.16. The van der Waals surface area contributed by atoms with Crippen LogP contribution in [0.25, 0.3) is 43.6 Å². The van der Waals surface area contributed by atoms with Crippen LogP contribution in [0.15, 0.2) is 114 Å². The van der Waals surface area contributed by atoms with Crippen molar-refractivity contribution in [1.29, 1.82) is 0 Å². The van der Waals surface area contributed by atoms with E-state index in [0.717, 1.165) is 72.2 Å². The Morgan fingerprint density at radius 3 is 2.43 bits per heavy atom. The normalized spacial score (nSPS) is 12.7. The number of fused-ring (bicyclic) bond motifs is 10. The molecule has 0 radical (unpaired) electrons. The second-order valence-corrected chi connectivity index (χ2v) is 8.81. The number of rotatable bonds is 1. The van der Waals surface area contributed by atoms with E-state index in [0.29, 0.717) is 0 Å². The monoisotopic (exact) mass is 450 g/mol. The van der Waals surface area contributed by atoms with Crippen LogP contribution < -0.4 is 9.64 Å². The molecule has 0 fully saturated rings. The highest BCUT2D eigenvalue weighted by molar-refractivity contribution is 6.25. The third-order valence-corrected chi connectivity index (χ3v) is 6.85. The summed E-state index contributed by atoms with van der Waals surface area (Å²) >= 11 is 0. The van der Waals surface area contributed by atoms with Crippen LogP contribution in [0.1, 0.15) is 0 Å². The molecule has 2 aromatic heterocycles. The van der Waals surface area contributed by atoms with Crippen molar-refractivity contribution in [2.24, 2.45) is 0 Å². The van der Waals surface area contributed by atoms with Crippen LogP contribution in [0.4, 0.5) is 17.1 Å². The number of hydrogen-bond acceptors (Lipinski definition) is 4. The summed E-state index contributed by atoms with van der Waals surface area (Å²) in [4.78, 5) is 6.78. The van der Waals surface area contributed by atoms with Gasteiger partial charge in [0.2, 0.25) is 0 Å². The molecule has 0 aliphatic carbocycles. The molecule has 4 nitrogen and oxygen atoms in total. The molecule has 0 unspecified atom stereocenters. The Labute approximate surface area is 200 Å². The average Bonchev–Trinajstić information content (AvgIpc) is 3.31. The zero-order valence-corrected chi connectivity index (χ0v) is 18.6. The molecule has 0 bridgehead atoms. The van der Waals surface area contributed by atoms with Gasteiger partial charge >= 0.3 is 0 Å². The Bertz CT molecular complexity index is 1950. The Balaban J connectivity index is 1.56. The van der Waals surface area contributed by atoms with Crippen molar-refractivity contribution in [3.8, 4) is 11.5 Å². The molecule has 0 amide bonds. The largest absolute Gasteiger partial charge is 0.454 e. The van der Waals surface area contributed by atoms with Gasteiger partial charge in [0, 0.05) is 33.4 Å². The van der Waals surface area contributed by atoms with Gasteiger partial charge in [0.05, 0.1) is 11.2 Å². The van der Waals surface area contributed by atoms with Gasteiger partial charge in [-0.1, -0.05) is 60.7 Å². The van der Waals surface area contributed by atoms with E-state index in [1.165, 1.54) is 0 Å². The number of aromatic nitrogens is 1. The van der Waals surface area contributed by atoms with E-state index in [9.17, 15) is 0 Å². The summed E-state index contributed by atoms with van der Waals surface area (Å²) in [5, 5.41) is 5.46. The maximum atomic E-state index is 6.62. The van der Waals surface area contributed by atoms with Crippen molar-refractivity contribution in [3.05, 3.63) is 109 Å². The first kappa shape index (κ1) is 18.6. The van der Waals surface area contributed by atoms with Gasteiger partial charge in [0.15, 0.2) is 17.1 Å². The summed E-state index contributed by atoms with van der Waals surface area (Å²) in [5.74, 6) is 1.61. The summed E-state index contributed by atoms with van der Waals surface area (Å²) in [6.45, 7) is 0. The number of hydrogen-bond donors (Lipinski definition) is 0. The predicted molar refractivity (Wildman–Crippen MR) is 141 cm³/mol. The Morgan fingerprint density at radius 2 is 1.49 bits per heavy atom. The minimum absolute atomic E-state index is 0.803. The molecule has 0 saturated heterocycles. The van der Waals surface area contributed by atoms with Crippen LogP contribution in [0, 0.1) is 0 Å². The quantitative estimate of drug-likeness (QED) is 0.250. The van der Waals surface area contributed by atoms with E-state index in [4.69, 9.17) is 9.15 Å². The van der Waals surface area contributed by atoms with E-state index in [2.05, 4.69) is 76.6 Å². The van der Waals surface area contributed by atoms with E-state index < -0.39 is 0 Å². The minimum atomic E-state index is 0.803. The van der Waals surface area contributed by atoms with Gasteiger partial charge in [0.25, 0.3) is 0 Å². The molecule has 4 heteroatoms. The molecule has 1 aliphatic heterocycles. The van der Waals surface area contributed by atoms with E-state index in [1.807, 2.05) is 42.6 Å². The van der Waals surface area contributed by atoms with E-state index >= 15 is 0 Å². The smallest absolute Gasteiger partial charge is 0.163 e. The maximum absolute atomic E-state index is 6.62. The maximum Gasteiger partial charge on any atom is 0.163 e. The van der Waals surface area contributed by atoms with Crippen LogP contribution in [-0.4, -0.2) is 4.98 Å². The lowest BCUT2D eigenvalue weighted by atomic mass is 9.99. The second kappa shape index (κ2) is 6.84. The average molecular weight is 450 g/mol. The van der Waals surface area contributed by atoms with Crippen molar-refractivity contribution in [2.75, 3.05) is 4.90 Å². The number of furan rings is 1. The van der Waals surface area contributed by atoms with E-state index in [-0.39, 0.29) is 0 Å². The fourth-order valence-electron chi connectivity index (χ4n) is 5.34. The van der Waals surface area contributed by atoms with Crippen LogP contribution in [-0.2, 0) is 0 Å². The molecule has 8 rings (SSSR count). The highest BCUT2D eigenvalue weighted by atomic mass is 16.5. The van der Waals surface area contributed by atoms with Crippen LogP contribution in [0.5, 0.6) is 11.5 Å². The number of benzene rings is 5. The lowest BCUT2D eigenvalue weighted by Gasteiger charge is -2.33. The second-order valence-electron chi connectivity index (χ2n) is 8.81. The molecule has 164 valence electrons. The van der Waals surface area contributed by atoms with Crippen LogP contribution >= 0.6 is 0 Å². The molecular weight excluding hydrogens is 432 g/mol. The van der Waals surface area contributed by atoms with Gasteiger partial charge in [-0.05, 0) is 47.9 Å². The minimum Gasteiger partial charge on any atom is -0.454 e. The summed E-state index contributed by atoms with van der Waals surface area (Å²) < 4.78 is 13.2. The lowest BCUT2D eigenvalue weighted by molar-refractivity contribution is 0.482. The molecule has 7 aromatic rings. The number of para-hydroxylation sites is 3. The van der Waals surface area contributed by atoms with Crippen LogP contribution in [0.2, 0.25) is 0 Å². The molecule has 0 spiro atoms. The summed E-state index contributed by atoms with van der Waals surface area (Å²) in [6, 6.07) is 35.2. The fourth-order valence-corrected chi connectivity index (χ4v) is 5.34. The first-order chi connectivity index (χ1) is 17.4. The molecule has 1 aliphatic rings. The predicted octanol–water partition coefficient (Wildman–Crippen LogP) is 8.86. The standard InChI is InChI=1S/C31H18N2O2/c1-2-10-22-21(9-1)28-23-11-3-5-13-26(23)34-31(28)29-30(22)35-27-14-6-4-12-25(27)33(29)20-15-16-24-19(18-20)8-7-17-32-24/h1-18H. The Kier molecular flexibility index (Phi) is 3.63. The van der Waals surface area contributed by atoms with E-state index in [1.54, 1.807) is 0 Å². The fraction of sp³-hybridized carbons (Fsp3) is 0. The molecule has 5 aromatic carbocycles. The van der Waals surface area contributed by atoms with Gasteiger partial charge < -0.3 is 14.1 Å². The third kappa shape index (κ3) is 2.53. The summed E-state index contributed by atoms with van der Waals surface area (Å²) in [6.07, 6.45) is 1.82. The highest BCUT2D eigenvalue weighted by Crippen LogP contribution is 2.57. The van der Waals surface area contributed by atoms with Gasteiger partial charge in [0.1, 0.15) is 11.3 Å². The number of ether oxygens (including phenoxy) is 1. The topological polar surface area (TPSA) is 38.5 Å². The summed E-state index contributed by atoms with van der Waals surface area (Å²) in [7, 11) is 0. The first-order valence-corrected chi connectivity index (χ1v) is 11.6. The Morgan fingerprint density at radius 1 is 0.686 bits per heavy atom. The molecule has 0 saturated carbocycles. The Hall–Kier alpha value is -4.83. The van der Waals surface area contributed by atoms with Gasteiger partial charge in [-0.2, -0.15) is 0 Å². The van der Waals surface area contributed by atoms with Gasteiger partial charge in [-0.3, -0.25) is 4.98 Å². The number of pyridine rings is 1. The van der Waals surface area contributed by atoms with Crippen LogP contribution in [0.3, 0.4) is 0 Å². The highest BCUT2D eigenvalue weighted by Gasteiger charge is 2.32. The van der Waals surface area contributed by atoms with Crippen molar-refractivity contribution in [2.45, 2.75) is 0 Å². The number of nitrogens with zero attached hydrogens (tertiary/aromatic N) is 2. The molecule has 0 atom stereocenters. The zero-order chi connectivity index (χ0) is 22.9. The number of anilines is 3. The molecule has 3 heterocycles. The first-order valence-electron chi connectivity index (χ1n) is 11.6. The zero-order valence-electron chi connectivity index (χ0n) is 18.6. The van der Waals surface area contributed by atoms with Crippen molar-refractivity contribution in [3.63, 3.8) is 0 Å². The molecular formula is C31H18N2O2. The SMILES string of the molecule is c1ccc2c(c1)Oc1c(c3oc4ccccc4c3c3ccccc13)N2c1ccc2ncccc2c1.